The molecule has 0 saturated carbocycles. The molecule has 0 saturated heterocycles. The first-order valence-corrected chi connectivity index (χ1v) is 10.2. The molecular weight excluding hydrogens is 374 g/mol. The fourth-order valence-electron chi connectivity index (χ4n) is 2.52. The Balaban J connectivity index is 1.74. The molecule has 0 aliphatic carbocycles. The van der Waals surface area contributed by atoms with Crippen LogP contribution in [0.15, 0.2) is 53.4 Å². The Kier molecular flexibility index (Phi) is 7.16. The van der Waals surface area contributed by atoms with Crippen LogP contribution in [0.2, 0.25) is 5.02 Å². The highest BCUT2D eigenvalue weighted by Gasteiger charge is 2.14. The predicted molar refractivity (Wildman–Crippen MR) is 101 cm³/mol. The van der Waals surface area contributed by atoms with E-state index in [4.69, 9.17) is 16.7 Å². The number of nitrogens with two attached hydrogens (primary N) is 2. The Bertz CT molecular complexity index is 854. The number of nitrogens with one attached hydrogen (secondary N) is 1. The highest BCUT2D eigenvalue weighted by Crippen LogP contribution is 2.19. The van der Waals surface area contributed by atoms with E-state index in [2.05, 4.69) is 5.32 Å². The van der Waals surface area contributed by atoms with Gasteiger partial charge in [0.2, 0.25) is 10.0 Å². The Morgan fingerprint density at radius 2 is 1.85 bits per heavy atom. The molecule has 0 bridgehead atoms. The monoisotopic (exact) mass is 396 g/mol. The SMILES string of the molecule is C[C@@H]([NH2+]CC(=O)NCCc1ccc(S(N)(=O)=O)cc1)c1ccccc1Cl. The molecule has 1 amide bonds. The van der Waals surface area contributed by atoms with Gasteiger partial charge in [0, 0.05) is 17.1 Å². The molecule has 0 unspecified atom stereocenters. The van der Waals surface area contributed by atoms with Crippen LogP contribution in [0.3, 0.4) is 0 Å². The fraction of sp³-hybridized carbons (Fsp3) is 0.278. The van der Waals surface area contributed by atoms with Gasteiger partial charge in [0.1, 0.15) is 6.04 Å². The minimum Gasteiger partial charge on any atom is -0.351 e. The molecule has 0 spiro atoms. The van der Waals surface area contributed by atoms with Crippen molar-refractivity contribution in [3.05, 3.63) is 64.7 Å². The van der Waals surface area contributed by atoms with Crippen LogP contribution in [0.5, 0.6) is 0 Å². The van der Waals surface area contributed by atoms with E-state index in [1.54, 1.807) is 12.1 Å². The number of primary sulfonamides is 1. The molecular formula is C18H23ClN3O3S+. The van der Waals surface area contributed by atoms with Gasteiger partial charge in [0.25, 0.3) is 5.91 Å². The summed E-state index contributed by atoms with van der Waals surface area (Å²) < 4.78 is 22.4. The third-order valence-corrected chi connectivity index (χ3v) is 5.31. The standard InChI is InChI=1S/C18H22ClN3O3S/c1-13(16-4-2-3-5-17(16)19)22-12-18(23)21-11-10-14-6-8-15(9-7-14)26(20,24)25/h2-9,13,22H,10-12H2,1H3,(H,21,23)(H2,20,24,25)/p+1/t13-/m1/s1. The second-order valence-electron chi connectivity index (χ2n) is 6.04. The van der Waals surface area contributed by atoms with Crippen molar-refractivity contribution in [3.63, 3.8) is 0 Å². The molecule has 1 atom stereocenters. The molecule has 2 aromatic carbocycles. The summed E-state index contributed by atoms with van der Waals surface area (Å²) in [6.45, 7) is 2.78. The molecule has 26 heavy (non-hydrogen) atoms. The van der Waals surface area contributed by atoms with Crippen molar-refractivity contribution in [1.29, 1.82) is 0 Å². The zero-order chi connectivity index (χ0) is 19.2. The minimum absolute atomic E-state index is 0.0648. The van der Waals surface area contributed by atoms with E-state index in [0.717, 1.165) is 11.1 Å². The van der Waals surface area contributed by atoms with E-state index in [9.17, 15) is 13.2 Å². The second-order valence-corrected chi connectivity index (χ2v) is 8.01. The van der Waals surface area contributed by atoms with Gasteiger partial charge >= 0.3 is 0 Å². The largest absolute Gasteiger partial charge is 0.351 e. The molecule has 5 N–H and O–H groups in total. The summed E-state index contributed by atoms with van der Waals surface area (Å²) >= 11 is 6.16. The van der Waals surface area contributed by atoms with Gasteiger partial charge < -0.3 is 10.6 Å². The lowest BCUT2D eigenvalue weighted by molar-refractivity contribution is -0.682. The molecule has 0 aliphatic heterocycles. The lowest BCUT2D eigenvalue weighted by Crippen LogP contribution is -2.87. The van der Waals surface area contributed by atoms with Gasteiger partial charge in [-0.15, -0.1) is 0 Å². The maximum atomic E-state index is 12.0. The van der Waals surface area contributed by atoms with Crippen molar-refractivity contribution < 1.29 is 18.5 Å². The maximum absolute atomic E-state index is 12.0. The Morgan fingerprint density at radius 1 is 1.19 bits per heavy atom. The van der Waals surface area contributed by atoms with Crippen LogP contribution in [-0.4, -0.2) is 27.4 Å². The summed E-state index contributed by atoms with van der Waals surface area (Å²) in [5.74, 6) is -0.0648. The molecule has 0 heterocycles. The van der Waals surface area contributed by atoms with Gasteiger partial charge in [-0.25, -0.2) is 13.6 Å². The molecule has 0 fully saturated rings. The summed E-state index contributed by atoms with van der Waals surface area (Å²) in [6.07, 6.45) is 0.608. The number of benzene rings is 2. The molecule has 0 radical (unpaired) electrons. The van der Waals surface area contributed by atoms with Crippen LogP contribution >= 0.6 is 11.6 Å². The van der Waals surface area contributed by atoms with Crippen molar-refractivity contribution in [2.75, 3.05) is 13.1 Å². The van der Waals surface area contributed by atoms with E-state index in [1.165, 1.54) is 12.1 Å². The van der Waals surface area contributed by atoms with Gasteiger partial charge in [-0.1, -0.05) is 41.9 Å². The minimum atomic E-state index is -3.68. The molecule has 2 aromatic rings. The van der Waals surface area contributed by atoms with Gasteiger partial charge in [-0.3, -0.25) is 4.79 Å². The maximum Gasteiger partial charge on any atom is 0.275 e. The number of rotatable bonds is 8. The van der Waals surface area contributed by atoms with E-state index in [1.807, 2.05) is 36.5 Å². The number of quaternary nitrogens is 1. The van der Waals surface area contributed by atoms with E-state index in [0.29, 0.717) is 24.5 Å². The number of carbonyl (C=O) groups excluding carboxylic acids is 1. The third-order valence-electron chi connectivity index (χ3n) is 4.04. The normalized spacial score (nSPS) is 12.6. The molecule has 6 nitrogen and oxygen atoms in total. The van der Waals surface area contributed by atoms with Crippen LogP contribution in [0, 0.1) is 0 Å². The Labute approximate surface area is 158 Å². The van der Waals surface area contributed by atoms with Crippen LogP contribution < -0.4 is 15.8 Å². The molecule has 8 heteroatoms. The van der Waals surface area contributed by atoms with Gasteiger partial charge in [-0.2, -0.15) is 0 Å². The summed E-state index contributed by atoms with van der Waals surface area (Å²) in [5.41, 5.74) is 1.92. The smallest absolute Gasteiger partial charge is 0.275 e. The van der Waals surface area contributed by atoms with Gasteiger partial charge in [0.05, 0.1) is 4.90 Å². The number of carbonyl (C=O) groups is 1. The first kappa shape index (κ1) is 20.4. The van der Waals surface area contributed by atoms with Crippen LogP contribution in [0.4, 0.5) is 0 Å². The highest BCUT2D eigenvalue weighted by molar-refractivity contribution is 7.89. The number of sulfonamides is 1. The van der Waals surface area contributed by atoms with Gasteiger partial charge in [-0.05, 0) is 37.1 Å². The molecule has 0 aromatic heterocycles. The molecule has 0 aliphatic rings. The summed E-state index contributed by atoms with van der Waals surface area (Å²) in [4.78, 5) is 12.0. The lowest BCUT2D eigenvalue weighted by atomic mass is 10.1. The average Bonchev–Trinajstić information content (AvgIpc) is 2.60. The first-order chi connectivity index (χ1) is 12.3. The van der Waals surface area contributed by atoms with E-state index in [-0.39, 0.29) is 16.8 Å². The fourth-order valence-corrected chi connectivity index (χ4v) is 3.34. The predicted octanol–water partition coefficient (Wildman–Crippen LogP) is 0.971. The van der Waals surface area contributed by atoms with E-state index < -0.39 is 10.0 Å². The number of hydrogen-bond donors (Lipinski definition) is 3. The van der Waals surface area contributed by atoms with Crippen molar-refractivity contribution in [3.8, 4) is 0 Å². The molecule has 140 valence electrons. The molecule has 2 rings (SSSR count). The highest BCUT2D eigenvalue weighted by atomic mass is 35.5. The third kappa shape index (κ3) is 6.10. The van der Waals surface area contributed by atoms with Crippen molar-refractivity contribution >= 4 is 27.5 Å². The zero-order valence-electron chi connectivity index (χ0n) is 14.5. The van der Waals surface area contributed by atoms with Crippen molar-refractivity contribution in [2.45, 2.75) is 24.3 Å². The number of amides is 1. The van der Waals surface area contributed by atoms with E-state index >= 15 is 0 Å². The van der Waals surface area contributed by atoms with Crippen molar-refractivity contribution in [1.82, 2.24) is 5.32 Å². The lowest BCUT2D eigenvalue weighted by Gasteiger charge is -2.12. The summed E-state index contributed by atoms with van der Waals surface area (Å²) in [7, 11) is -3.68. The van der Waals surface area contributed by atoms with Crippen molar-refractivity contribution in [2.24, 2.45) is 5.14 Å². The van der Waals surface area contributed by atoms with Crippen LogP contribution in [0.1, 0.15) is 24.1 Å². The summed E-state index contributed by atoms with van der Waals surface area (Å²) in [5, 5.41) is 10.5. The number of halogens is 1. The first-order valence-electron chi connectivity index (χ1n) is 8.23. The number of hydrogen-bond acceptors (Lipinski definition) is 3. The Hall–Kier alpha value is -1.93. The zero-order valence-corrected chi connectivity index (χ0v) is 16.1. The second kappa shape index (κ2) is 9.14. The average molecular weight is 397 g/mol. The Morgan fingerprint density at radius 3 is 2.46 bits per heavy atom. The summed E-state index contributed by atoms with van der Waals surface area (Å²) in [6, 6.07) is 14.0. The van der Waals surface area contributed by atoms with Crippen LogP contribution in [0.25, 0.3) is 0 Å². The van der Waals surface area contributed by atoms with Gasteiger partial charge in [0.15, 0.2) is 6.54 Å². The van der Waals surface area contributed by atoms with Crippen LogP contribution in [-0.2, 0) is 21.2 Å². The topological polar surface area (TPSA) is 106 Å². The quantitative estimate of drug-likeness (QED) is 0.619.